The van der Waals surface area contributed by atoms with Crippen LogP contribution in [0.4, 0.5) is 0 Å². The summed E-state index contributed by atoms with van der Waals surface area (Å²) in [7, 11) is 0. The van der Waals surface area contributed by atoms with E-state index in [1.165, 1.54) is 18.1 Å². The molecule has 0 bridgehead atoms. The molecule has 0 aliphatic carbocycles. The van der Waals surface area contributed by atoms with Gasteiger partial charge in [-0.05, 0) is 20.3 Å². The number of carbonyl (C=O) groups is 1. The molecule has 1 aromatic rings. The molecule has 14 heavy (non-hydrogen) atoms. The molecule has 1 rings (SSSR count). The summed E-state index contributed by atoms with van der Waals surface area (Å²) < 4.78 is 0. The van der Waals surface area contributed by atoms with Gasteiger partial charge in [0.25, 0.3) is 0 Å². The third-order valence-electron chi connectivity index (χ3n) is 1.94. The van der Waals surface area contributed by atoms with Gasteiger partial charge in [-0.1, -0.05) is 11.8 Å². The lowest BCUT2D eigenvalue weighted by atomic mass is 9.91. The van der Waals surface area contributed by atoms with Gasteiger partial charge in [0, 0.05) is 5.75 Å². The molecule has 0 saturated heterocycles. The maximum Gasteiger partial charge on any atom is 0.309 e. The monoisotopic (exact) mass is 215 g/mol. The molecule has 0 unspecified atom stereocenters. The van der Waals surface area contributed by atoms with E-state index in [4.69, 9.17) is 5.11 Å². The normalized spacial score (nSPS) is 11.6. The zero-order valence-corrected chi connectivity index (χ0v) is 8.97. The Labute approximate surface area is 86.3 Å². The zero-order chi connectivity index (χ0) is 10.6. The van der Waals surface area contributed by atoms with Gasteiger partial charge in [-0.25, -0.2) is 4.98 Å². The van der Waals surface area contributed by atoms with Crippen LogP contribution in [0.25, 0.3) is 0 Å². The minimum atomic E-state index is -0.768. The van der Waals surface area contributed by atoms with Crippen LogP contribution in [0.5, 0.6) is 0 Å². The third kappa shape index (κ3) is 3.02. The molecule has 0 aromatic carbocycles. The molecule has 1 heterocycles. The van der Waals surface area contributed by atoms with Gasteiger partial charge >= 0.3 is 5.97 Å². The fourth-order valence-corrected chi connectivity index (χ4v) is 1.82. The number of aliphatic carboxylic acids is 1. The van der Waals surface area contributed by atoms with Gasteiger partial charge in [-0.3, -0.25) is 9.89 Å². The molecule has 0 aliphatic heterocycles. The number of carboxylic acids is 1. The van der Waals surface area contributed by atoms with Gasteiger partial charge in [-0.15, -0.1) is 0 Å². The lowest BCUT2D eigenvalue weighted by Crippen LogP contribution is -2.24. The summed E-state index contributed by atoms with van der Waals surface area (Å²) in [4.78, 5) is 14.7. The topological polar surface area (TPSA) is 78.9 Å². The van der Waals surface area contributed by atoms with E-state index < -0.39 is 11.4 Å². The molecule has 0 spiro atoms. The Morgan fingerprint density at radius 3 is 2.93 bits per heavy atom. The van der Waals surface area contributed by atoms with Crippen molar-refractivity contribution in [1.29, 1.82) is 0 Å². The molecule has 0 saturated carbocycles. The summed E-state index contributed by atoms with van der Waals surface area (Å²) in [5.41, 5.74) is -0.674. The Kier molecular flexibility index (Phi) is 3.51. The van der Waals surface area contributed by atoms with Gasteiger partial charge in [0.05, 0.1) is 5.41 Å². The Morgan fingerprint density at radius 1 is 1.71 bits per heavy atom. The number of nitrogens with one attached hydrogen (secondary N) is 1. The van der Waals surface area contributed by atoms with Crippen LogP contribution in [-0.4, -0.2) is 32.0 Å². The highest BCUT2D eigenvalue weighted by molar-refractivity contribution is 7.99. The summed E-state index contributed by atoms with van der Waals surface area (Å²) in [5.74, 6) is -0.0511. The summed E-state index contributed by atoms with van der Waals surface area (Å²) in [6, 6.07) is 0. The smallest absolute Gasteiger partial charge is 0.309 e. The Balaban J connectivity index is 2.31. The number of carboxylic acid groups (broad SMARTS) is 1. The predicted octanol–water partition coefficient (Wildman–Crippen LogP) is 1.40. The summed E-state index contributed by atoms with van der Waals surface area (Å²) in [5, 5.41) is 16.0. The van der Waals surface area contributed by atoms with Crippen molar-refractivity contribution in [2.24, 2.45) is 5.41 Å². The van der Waals surface area contributed by atoms with Crippen LogP contribution in [0.15, 0.2) is 11.5 Å². The quantitative estimate of drug-likeness (QED) is 0.726. The number of rotatable bonds is 5. The highest BCUT2D eigenvalue weighted by Crippen LogP contribution is 2.24. The molecular weight excluding hydrogens is 202 g/mol. The van der Waals surface area contributed by atoms with E-state index in [0.717, 1.165) is 5.16 Å². The first-order valence-corrected chi connectivity index (χ1v) is 5.22. The predicted molar refractivity (Wildman–Crippen MR) is 53.1 cm³/mol. The fraction of sp³-hybridized carbons (Fsp3) is 0.625. The van der Waals surface area contributed by atoms with Crippen molar-refractivity contribution in [3.63, 3.8) is 0 Å². The minimum absolute atomic E-state index is 0.605. The molecule has 0 aliphatic rings. The van der Waals surface area contributed by atoms with E-state index in [-0.39, 0.29) is 0 Å². The summed E-state index contributed by atoms with van der Waals surface area (Å²) in [6.07, 6.45) is 2.04. The molecule has 0 atom stereocenters. The van der Waals surface area contributed by atoms with Crippen LogP contribution >= 0.6 is 11.8 Å². The van der Waals surface area contributed by atoms with Gasteiger partial charge in [0.2, 0.25) is 0 Å². The molecule has 2 N–H and O–H groups in total. The number of hydrogen-bond acceptors (Lipinski definition) is 4. The minimum Gasteiger partial charge on any atom is -0.481 e. The third-order valence-corrected chi connectivity index (χ3v) is 2.82. The highest BCUT2D eigenvalue weighted by atomic mass is 32.2. The molecule has 0 radical (unpaired) electrons. The highest BCUT2D eigenvalue weighted by Gasteiger charge is 2.26. The van der Waals surface area contributed by atoms with Crippen LogP contribution in [0.3, 0.4) is 0 Å². The van der Waals surface area contributed by atoms with Crippen molar-refractivity contribution >= 4 is 17.7 Å². The Bertz CT molecular complexity index is 298. The zero-order valence-electron chi connectivity index (χ0n) is 8.15. The Morgan fingerprint density at radius 2 is 2.43 bits per heavy atom. The van der Waals surface area contributed by atoms with Crippen LogP contribution in [0.1, 0.15) is 20.3 Å². The van der Waals surface area contributed by atoms with Gasteiger partial charge in [0.1, 0.15) is 6.33 Å². The standard InChI is InChI=1S/C8H13N3O2S/c1-8(2,6(12)13)3-4-14-7-9-5-10-11-7/h5H,3-4H2,1-2H3,(H,12,13)(H,9,10,11). The van der Waals surface area contributed by atoms with E-state index in [9.17, 15) is 4.79 Å². The summed E-state index contributed by atoms with van der Waals surface area (Å²) >= 11 is 1.48. The molecule has 0 fully saturated rings. The number of thioether (sulfide) groups is 1. The first-order chi connectivity index (χ1) is 6.52. The van der Waals surface area contributed by atoms with E-state index in [0.29, 0.717) is 12.2 Å². The van der Waals surface area contributed by atoms with Gasteiger partial charge in [-0.2, -0.15) is 5.10 Å². The second-order valence-corrected chi connectivity index (χ2v) is 4.66. The second-order valence-electron chi connectivity index (χ2n) is 3.58. The van der Waals surface area contributed by atoms with Crippen LogP contribution < -0.4 is 0 Å². The lowest BCUT2D eigenvalue weighted by Gasteiger charge is -2.17. The maximum absolute atomic E-state index is 10.8. The van der Waals surface area contributed by atoms with Crippen LogP contribution in [0, 0.1) is 5.41 Å². The molecule has 5 nitrogen and oxygen atoms in total. The molecule has 0 amide bonds. The van der Waals surface area contributed by atoms with Crippen LogP contribution in [-0.2, 0) is 4.79 Å². The molecular formula is C8H13N3O2S. The largest absolute Gasteiger partial charge is 0.481 e. The van der Waals surface area contributed by atoms with Gasteiger partial charge in [0.15, 0.2) is 5.16 Å². The van der Waals surface area contributed by atoms with Crippen molar-refractivity contribution in [3.8, 4) is 0 Å². The van der Waals surface area contributed by atoms with Crippen molar-refractivity contribution < 1.29 is 9.90 Å². The number of aromatic amines is 1. The first-order valence-electron chi connectivity index (χ1n) is 4.24. The van der Waals surface area contributed by atoms with E-state index in [2.05, 4.69) is 15.2 Å². The van der Waals surface area contributed by atoms with E-state index >= 15 is 0 Å². The van der Waals surface area contributed by atoms with Crippen molar-refractivity contribution in [2.45, 2.75) is 25.4 Å². The van der Waals surface area contributed by atoms with E-state index in [1.54, 1.807) is 13.8 Å². The number of nitrogens with zero attached hydrogens (tertiary/aromatic N) is 2. The van der Waals surface area contributed by atoms with Crippen molar-refractivity contribution in [1.82, 2.24) is 15.2 Å². The van der Waals surface area contributed by atoms with Crippen molar-refractivity contribution in [2.75, 3.05) is 5.75 Å². The molecule has 1 aromatic heterocycles. The maximum atomic E-state index is 10.8. The van der Waals surface area contributed by atoms with E-state index in [1.807, 2.05) is 0 Å². The molecule has 6 heteroatoms. The number of hydrogen-bond donors (Lipinski definition) is 2. The number of aromatic nitrogens is 3. The Hall–Kier alpha value is -1.04. The van der Waals surface area contributed by atoms with Gasteiger partial charge < -0.3 is 5.11 Å². The molecule has 78 valence electrons. The average molecular weight is 215 g/mol. The SMILES string of the molecule is CC(C)(CCSc1ncn[nH]1)C(=O)O. The fourth-order valence-electron chi connectivity index (χ4n) is 0.774. The first kappa shape index (κ1) is 11.0. The van der Waals surface area contributed by atoms with Crippen LogP contribution in [0.2, 0.25) is 0 Å². The lowest BCUT2D eigenvalue weighted by molar-refractivity contribution is -0.146. The number of H-pyrrole nitrogens is 1. The summed E-state index contributed by atoms with van der Waals surface area (Å²) in [6.45, 7) is 3.44. The van der Waals surface area contributed by atoms with Crippen molar-refractivity contribution in [3.05, 3.63) is 6.33 Å². The second kappa shape index (κ2) is 4.45. The average Bonchev–Trinajstić information content (AvgIpc) is 2.56.